The monoisotopic (exact) mass is 340 g/mol. The molecule has 2 aliphatic rings. The summed E-state index contributed by atoms with van der Waals surface area (Å²) in [5, 5.41) is 0. The van der Waals surface area contributed by atoms with Crippen molar-refractivity contribution >= 4 is 17.5 Å². The number of carbonyl (C=O) groups excluding carboxylic acids is 1. The van der Waals surface area contributed by atoms with Crippen molar-refractivity contribution in [2.24, 2.45) is 5.92 Å². The quantitative estimate of drug-likeness (QED) is 0.857. The second kappa shape index (κ2) is 6.23. The normalized spacial score (nSPS) is 19.1. The van der Waals surface area contributed by atoms with Crippen molar-refractivity contribution in [1.29, 1.82) is 0 Å². The van der Waals surface area contributed by atoms with Gasteiger partial charge in [0.25, 0.3) is 0 Å². The first-order valence-electron chi connectivity index (χ1n) is 8.40. The molecule has 130 valence electrons. The lowest BCUT2D eigenvalue weighted by Crippen LogP contribution is -2.39. The molecule has 0 aliphatic carbocycles. The fourth-order valence-corrected chi connectivity index (χ4v) is 3.42. The van der Waals surface area contributed by atoms with Crippen molar-refractivity contribution in [3.63, 3.8) is 0 Å². The third-order valence-electron chi connectivity index (χ3n) is 4.63. The molecule has 1 saturated heterocycles. The highest BCUT2D eigenvalue weighted by Crippen LogP contribution is 2.34. The minimum atomic E-state index is -0.0781. The van der Waals surface area contributed by atoms with Crippen LogP contribution in [0.5, 0.6) is 11.5 Å². The first-order chi connectivity index (χ1) is 12.1. The van der Waals surface area contributed by atoms with Crippen LogP contribution in [-0.2, 0) is 0 Å². The standard InChI is InChI=1S/C18H20N4O3/c1-11-7-16(21-18(19)20-11)22-6-2-3-13(9-22)17(23)12-4-5-14-15(8-12)25-10-24-14/h4-5,7-8,13H,2-3,6,9-10H2,1H3,(H2,19,20,21)/t13-/m0/s1. The molecule has 2 N–H and O–H groups in total. The van der Waals surface area contributed by atoms with Crippen LogP contribution in [0.2, 0.25) is 0 Å². The van der Waals surface area contributed by atoms with Gasteiger partial charge in [-0.15, -0.1) is 0 Å². The summed E-state index contributed by atoms with van der Waals surface area (Å²) in [4.78, 5) is 23.5. The van der Waals surface area contributed by atoms with E-state index in [1.165, 1.54) is 0 Å². The van der Waals surface area contributed by atoms with Gasteiger partial charge < -0.3 is 20.1 Å². The lowest BCUT2D eigenvalue weighted by Gasteiger charge is -2.33. The number of aryl methyl sites for hydroxylation is 1. The van der Waals surface area contributed by atoms with Crippen LogP contribution in [0, 0.1) is 12.8 Å². The number of hydrogen-bond acceptors (Lipinski definition) is 7. The number of ether oxygens (including phenoxy) is 2. The summed E-state index contributed by atoms with van der Waals surface area (Å²) in [5.41, 5.74) is 7.25. The summed E-state index contributed by atoms with van der Waals surface area (Å²) in [6.07, 6.45) is 1.80. The molecular formula is C18H20N4O3. The number of nitrogen functional groups attached to an aromatic ring is 1. The average Bonchev–Trinajstić information content (AvgIpc) is 3.08. The number of nitrogens with two attached hydrogens (primary N) is 1. The molecule has 2 aromatic rings. The number of carbonyl (C=O) groups is 1. The molecule has 1 aromatic heterocycles. The van der Waals surface area contributed by atoms with Crippen LogP contribution in [0.4, 0.5) is 11.8 Å². The van der Waals surface area contributed by atoms with Crippen molar-refractivity contribution in [3.8, 4) is 11.5 Å². The largest absolute Gasteiger partial charge is 0.454 e. The smallest absolute Gasteiger partial charge is 0.231 e. The Balaban J connectivity index is 1.53. The topological polar surface area (TPSA) is 90.6 Å². The van der Waals surface area contributed by atoms with Crippen LogP contribution in [0.3, 0.4) is 0 Å². The fraction of sp³-hybridized carbons (Fsp3) is 0.389. The minimum absolute atomic E-state index is 0.0781. The van der Waals surface area contributed by atoms with Crippen molar-refractivity contribution in [1.82, 2.24) is 9.97 Å². The number of benzene rings is 1. The molecule has 3 heterocycles. The van der Waals surface area contributed by atoms with E-state index in [1.54, 1.807) is 12.1 Å². The zero-order chi connectivity index (χ0) is 17.4. The molecule has 7 heteroatoms. The first kappa shape index (κ1) is 15.7. The Morgan fingerprint density at radius 2 is 2.08 bits per heavy atom. The van der Waals surface area contributed by atoms with Gasteiger partial charge in [0.1, 0.15) is 5.82 Å². The van der Waals surface area contributed by atoms with Crippen LogP contribution in [-0.4, -0.2) is 35.6 Å². The van der Waals surface area contributed by atoms with E-state index in [0.717, 1.165) is 30.9 Å². The van der Waals surface area contributed by atoms with E-state index < -0.39 is 0 Å². The van der Waals surface area contributed by atoms with Gasteiger partial charge >= 0.3 is 0 Å². The number of piperidine rings is 1. The zero-order valence-corrected chi connectivity index (χ0v) is 14.1. The zero-order valence-electron chi connectivity index (χ0n) is 14.1. The maximum Gasteiger partial charge on any atom is 0.231 e. The van der Waals surface area contributed by atoms with Crippen molar-refractivity contribution < 1.29 is 14.3 Å². The number of rotatable bonds is 3. The maximum atomic E-state index is 12.9. The van der Waals surface area contributed by atoms with Gasteiger partial charge in [-0.2, -0.15) is 4.98 Å². The SMILES string of the molecule is Cc1cc(N2CCC[C@H](C(=O)c3ccc4c(c3)OCO4)C2)nc(N)n1. The molecule has 1 atom stereocenters. The Bertz CT molecular complexity index is 804. The number of fused-ring (bicyclic) bond motifs is 1. The molecule has 25 heavy (non-hydrogen) atoms. The molecule has 0 unspecified atom stereocenters. The Morgan fingerprint density at radius 1 is 1.24 bits per heavy atom. The molecule has 0 saturated carbocycles. The number of hydrogen-bond donors (Lipinski definition) is 1. The summed E-state index contributed by atoms with van der Waals surface area (Å²) in [5.74, 6) is 2.42. The molecular weight excluding hydrogens is 320 g/mol. The number of ketones is 1. The van der Waals surface area contributed by atoms with E-state index in [-0.39, 0.29) is 24.4 Å². The molecule has 0 spiro atoms. The Morgan fingerprint density at radius 3 is 2.92 bits per heavy atom. The van der Waals surface area contributed by atoms with Gasteiger partial charge in [0.05, 0.1) is 0 Å². The Hall–Kier alpha value is -2.83. The second-order valence-corrected chi connectivity index (χ2v) is 6.44. The maximum absolute atomic E-state index is 12.9. The third-order valence-corrected chi connectivity index (χ3v) is 4.63. The Labute approximate surface area is 145 Å². The number of Topliss-reactive ketones (excluding diaryl/α,β-unsaturated/α-hetero) is 1. The molecule has 1 aromatic carbocycles. The average molecular weight is 340 g/mol. The lowest BCUT2D eigenvalue weighted by atomic mass is 9.90. The molecule has 7 nitrogen and oxygen atoms in total. The van der Waals surface area contributed by atoms with Crippen molar-refractivity contribution in [2.75, 3.05) is 30.5 Å². The van der Waals surface area contributed by atoms with Crippen LogP contribution < -0.4 is 20.1 Å². The van der Waals surface area contributed by atoms with E-state index >= 15 is 0 Å². The predicted molar refractivity (Wildman–Crippen MR) is 93.0 cm³/mol. The van der Waals surface area contributed by atoms with E-state index in [0.29, 0.717) is 23.6 Å². The third kappa shape index (κ3) is 3.09. The lowest BCUT2D eigenvalue weighted by molar-refractivity contribution is 0.0906. The van der Waals surface area contributed by atoms with Gasteiger partial charge in [-0.1, -0.05) is 0 Å². The first-order valence-corrected chi connectivity index (χ1v) is 8.40. The highest BCUT2D eigenvalue weighted by atomic mass is 16.7. The summed E-state index contributed by atoms with van der Waals surface area (Å²) < 4.78 is 10.7. The van der Waals surface area contributed by atoms with Crippen LogP contribution >= 0.6 is 0 Å². The molecule has 4 rings (SSSR count). The van der Waals surface area contributed by atoms with Crippen LogP contribution in [0.15, 0.2) is 24.3 Å². The minimum Gasteiger partial charge on any atom is -0.454 e. The van der Waals surface area contributed by atoms with E-state index in [1.807, 2.05) is 19.1 Å². The molecule has 1 fully saturated rings. The second-order valence-electron chi connectivity index (χ2n) is 6.44. The van der Waals surface area contributed by atoms with Gasteiger partial charge in [0.15, 0.2) is 17.3 Å². The summed E-state index contributed by atoms with van der Waals surface area (Å²) in [6, 6.07) is 7.28. The highest BCUT2D eigenvalue weighted by molar-refractivity contribution is 5.99. The van der Waals surface area contributed by atoms with Gasteiger partial charge in [0.2, 0.25) is 12.7 Å². The van der Waals surface area contributed by atoms with Crippen LogP contribution in [0.25, 0.3) is 0 Å². The van der Waals surface area contributed by atoms with Crippen molar-refractivity contribution in [2.45, 2.75) is 19.8 Å². The van der Waals surface area contributed by atoms with Gasteiger partial charge in [-0.3, -0.25) is 4.79 Å². The molecule has 0 bridgehead atoms. The van der Waals surface area contributed by atoms with Crippen LogP contribution in [0.1, 0.15) is 28.9 Å². The summed E-state index contributed by atoms with van der Waals surface area (Å²) >= 11 is 0. The number of anilines is 2. The van der Waals surface area contributed by atoms with E-state index in [2.05, 4.69) is 14.9 Å². The van der Waals surface area contributed by atoms with Gasteiger partial charge in [0, 0.05) is 36.3 Å². The van der Waals surface area contributed by atoms with Crippen molar-refractivity contribution in [3.05, 3.63) is 35.5 Å². The fourth-order valence-electron chi connectivity index (χ4n) is 3.42. The Kier molecular flexibility index (Phi) is 3.91. The number of aromatic nitrogens is 2. The highest BCUT2D eigenvalue weighted by Gasteiger charge is 2.28. The molecule has 0 amide bonds. The predicted octanol–water partition coefficient (Wildman–Crippen LogP) is 2.20. The van der Waals surface area contributed by atoms with Gasteiger partial charge in [-0.05, 0) is 38.0 Å². The number of nitrogens with zero attached hydrogens (tertiary/aromatic N) is 3. The summed E-state index contributed by atoms with van der Waals surface area (Å²) in [7, 11) is 0. The van der Waals surface area contributed by atoms with Gasteiger partial charge in [-0.25, -0.2) is 4.98 Å². The molecule has 2 aliphatic heterocycles. The van der Waals surface area contributed by atoms with E-state index in [4.69, 9.17) is 15.2 Å². The molecule has 0 radical (unpaired) electrons. The van der Waals surface area contributed by atoms with E-state index in [9.17, 15) is 4.79 Å². The summed E-state index contributed by atoms with van der Waals surface area (Å²) in [6.45, 7) is 3.59.